The molecule has 0 radical (unpaired) electrons. The minimum atomic E-state index is 0. The van der Waals surface area contributed by atoms with Gasteiger partial charge in [0.2, 0.25) is 0 Å². The van der Waals surface area contributed by atoms with Crippen molar-refractivity contribution >= 4 is 11.5 Å². The predicted molar refractivity (Wildman–Crippen MR) is 126 cm³/mol. The molecule has 0 N–H and O–H groups in total. The number of hydrogen-bond donors (Lipinski definition) is 0. The van der Waals surface area contributed by atoms with Crippen LogP contribution in [0.2, 0.25) is 0 Å². The first-order chi connectivity index (χ1) is 15.6. The second-order valence-electron chi connectivity index (χ2n) is 7.56. The Balaban J connectivity index is 0.00000259. The van der Waals surface area contributed by atoms with Crippen LogP contribution in [0.15, 0.2) is 78.0 Å². The third kappa shape index (κ3) is 4.86. The number of nitrogens with zero attached hydrogens (tertiary/aromatic N) is 5. The van der Waals surface area contributed by atoms with Gasteiger partial charge in [-0.2, -0.15) is 22.3 Å². The van der Waals surface area contributed by atoms with Gasteiger partial charge in [0, 0.05) is 44.3 Å². The van der Waals surface area contributed by atoms with Crippen molar-refractivity contribution in [3.8, 4) is 28.3 Å². The molecule has 0 fully saturated rings. The molecule has 0 atom stereocenters. The van der Waals surface area contributed by atoms with Crippen molar-refractivity contribution in [3.05, 3.63) is 97.4 Å². The van der Waals surface area contributed by atoms with E-state index in [-0.39, 0.29) is 21.1 Å². The van der Waals surface area contributed by atoms with Crippen molar-refractivity contribution in [2.45, 2.75) is 13.8 Å². The zero-order chi connectivity index (χ0) is 22.1. The van der Waals surface area contributed by atoms with Crippen molar-refractivity contribution < 1.29 is 25.8 Å². The van der Waals surface area contributed by atoms with Gasteiger partial charge in [-0.05, 0) is 32.1 Å². The molecular weight excluding hydrogens is 593 g/mol. The Bertz CT molecular complexity index is 1280. The molecule has 33 heavy (non-hydrogen) atoms. The van der Waals surface area contributed by atoms with E-state index < -0.39 is 0 Å². The summed E-state index contributed by atoms with van der Waals surface area (Å²) in [5.41, 5.74) is 4.79. The summed E-state index contributed by atoms with van der Waals surface area (Å²) in [7, 11) is 1.96. The van der Waals surface area contributed by atoms with Crippen LogP contribution in [0.5, 0.6) is 11.5 Å². The third-order valence-corrected chi connectivity index (χ3v) is 5.25. The molecule has 0 unspecified atom stereocenters. The van der Waals surface area contributed by atoms with E-state index >= 15 is 0 Å². The predicted octanol–water partition coefficient (Wildman–Crippen LogP) is 5.44. The average molecular weight is 616 g/mol. The Kier molecular flexibility index (Phi) is 6.66. The molecule has 2 heterocycles. The van der Waals surface area contributed by atoms with Gasteiger partial charge < -0.3 is 14.6 Å². The Morgan fingerprint density at radius 2 is 1.52 bits per heavy atom. The number of rotatable bonds is 5. The molecular formula is C26H22N5OPt-3. The van der Waals surface area contributed by atoms with Gasteiger partial charge in [0.05, 0.1) is 11.5 Å². The minimum absolute atomic E-state index is 0. The summed E-state index contributed by atoms with van der Waals surface area (Å²) in [6, 6.07) is 28.3. The van der Waals surface area contributed by atoms with E-state index in [0.29, 0.717) is 11.5 Å². The number of anilines is 1. The molecule has 0 saturated heterocycles. The molecule has 5 rings (SSSR count). The maximum Gasteiger partial charge on any atom is 0.0908 e. The molecule has 170 valence electrons. The fourth-order valence-electron chi connectivity index (χ4n) is 3.48. The summed E-state index contributed by atoms with van der Waals surface area (Å²) in [4.78, 5) is 1.95. The molecule has 0 bridgehead atoms. The number of benzene rings is 3. The minimum Gasteiger partial charge on any atom is -0.509 e. The zero-order valence-electron chi connectivity index (χ0n) is 18.5. The summed E-state index contributed by atoms with van der Waals surface area (Å²) in [6.45, 7) is 5.87. The van der Waals surface area contributed by atoms with Gasteiger partial charge in [-0.1, -0.05) is 36.0 Å². The SMILES string of the molecule is CC1=NN(c2[c-]c(Oc3[c-]c(-n4cc(-c5ccccc5)c(C)n4)ccc3)ccc2)[CH-]N1C.[Pt]. The fraction of sp³-hybridized carbons (Fsp3) is 0.115. The van der Waals surface area contributed by atoms with E-state index in [0.717, 1.165) is 34.0 Å². The summed E-state index contributed by atoms with van der Waals surface area (Å²) in [5, 5.41) is 10.9. The summed E-state index contributed by atoms with van der Waals surface area (Å²) < 4.78 is 7.89. The molecule has 1 aliphatic rings. The molecule has 0 saturated carbocycles. The first kappa shape index (κ1) is 22.8. The fourth-order valence-corrected chi connectivity index (χ4v) is 3.48. The van der Waals surface area contributed by atoms with Gasteiger partial charge in [0.15, 0.2) is 0 Å². The molecule has 1 aliphatic heterocycles. The van der Waals surface area contributed by atoms with Gasteiger partial charge in [0.1, 0.15) is 0 Å². The van der Waals surface area contributed by atoms with Gasteiger partial charge >= 0.3 is 0 Å². The molecule has 4 aromatic rings. The summed E-state index contributed by atoms with van der Waals surface area (Å²) >= 11 is 0. The van der Waals surface area contributed by atoms with E-state index in [1.807, 2.05) is 97.9 Å². The van der Waals surface area contributed by atoms with E-state index in [1.165, 1.54) is 0 Å². The van der Waals surface area contributed by atoms with Crippen LogP contribution >= 0.6 is 0 Å². The molecule has 3 aromatic carbocycles. The van der Waals surface area contributed by atoms with Gasteiger partial charge in [0.25, 0.3) is 0 Å². The van der Waals surface area contributed by atoms with Crippen molar-refractivity contribution in [1.29, 1.82) is 0 Å². The van der Waals surface area contributed by atoms with Crippen molar-refractivity contribution in [2.75, 3.05) is 12.1 Å². The van der Waals surface area contributed by atoms with E-state index in [2.05, 4.69) is 34.5 Å². The van der Waals surface area contributed by atoms with Crippen LogP contribution < -0.4 is 9.75 Å². The van der Waals surface area contributed by atoms with Crippen LogP contribution in [-0.4, -0.2) is 27.6 Å². The van der Waals surface area contributed by atoms with Crippen LogP contribution in [0.3, 0.4) is 0 Å². The molecule has 7 heteroatoms. The number of aromatic nitrogens is 2. The normalized spacial score (nSPS) is 13.0. The van der Waals surface area contributed by atoms with Gasteiger partial charge in [-0.25, -0.2) is 0 Å². The molecule has 0 aliphatic carbocycles. The molecule has 6 nitrogen and oxygen atoms in total. The molecule has 0 spiro atoms. The Hall–Kier alpha value is -3.37. The Morgan fingerprint density at radius 3 is 2.18 bits per heavy atom. The second-order valence-corrected chi connectivity index (χ2v) is 7.56. The average Bonchev–Trinajstić information content (AvgIpc) is 3.37. The van der Waals surface area contributed by atoms with Gasteiger partial charge in [-0.15, -0.1) is 43.1 Å². The quantitative estimate of drug-likeness (QED) is 0.281. The van der Waals surface area contributed by atoms with Crippen LogP contribution in [0.1, 0.15) is 12.6 Å². The first-order valence-corrected chi connectivity index (χ1v) is 10.3. The maximum atomic E-state index is 6.06. The number of hydrogen-bond acceptors (Lipinski definition) is 5. The van der Waals surface area contributed by atoms with Crippen LogP contribution in [0, 0.1) is 25.7 Å². The third-order valence-electron chi connectivity index (χ3n) is 5.25. The Morgan fingerprint density at radius 1 is 0.848 bits per heavy atom. The number of ether oxygens (including phenoxy) is 1. The Labute approximate surface area is 208 Å². The number of hydrazone groups is 1. The van der Waals surface area contributed by atoms with Crippen LogP contribution in [-0.2, 0) is 21.1 Å². The monoisotopic (exact) mass is 615 g/mol. The summed E-state index contributed by atoms with van der Waals surface area (Å²) in [5.74, 6) is 2.09. The first-order valence-electron chi connectivity index (χ1n) is 10.3. The summed E-state index contributed by atoms with van der Waals surface area (Å²) in [6.07, 6.45) is 2.02. The van der Waals surface area contributed by atoms with E-state index in [1.54, 1.807) is 5.01 Å². The van der Waals surface area contributed by atoms with E-state index in [4.69, 9.17) is 4.74 Å². The van der Waals surface area contributed by atoms with Crippen molar-refractivity contribution in [1.82, 2.24) is 14.7 Å². The molecule has 0 amide bonds. The van der Waals surface area contributed by atoms with Gasteiger partial charge in [-0.3, -0.25) is 4.68 Å². The second kappa shape index (κ2) is 9.63. The van der Waals surface area contributed by atoms with Crippen molar-refractivity contribution in [2.24, 2.45) is 5.10 Å². The van der Waals surface area contributed by atoms with Crippen molar-refractivity contribution in [3.63, 3.8) is 0 Å². The van der Waals surface area contributed by atoms with Crippen LogP contribution in [0.4, 0.5) is 5.69 Å². The smallest absolute Gasteiger partial charge is 0.0908 e. The topological polar surface area (TPSA) is 45.9 Å². The molecule has 1 aromatic heterocycles. The standard InChI is InChI=1S/C26H22N5O.Pt/c1-19-26(21-9-5-4-6-10-21)17-30(27-19)22-11-7-13-24(15-22)32-25-14-8-12-23(16-25)31-18-29(3)20(2)28-31;/h4-14,17-18H,1-3H3;/q-3;. The van der Waals surface area contributed by atoms with Crippen LogP contribution in [0.25, 0.3) is 16.8 Å². The van der Waals surface area contributed by atoms with E-state index in [9.17, 15) is 0 Å². The largest absolute Gasteiger partial charge is 0.509 e. The zero-order valence-corrected chi connectivity index (χ0v) is 20.7. The number of amidine groups is 1. The number of aryl methyl sites for hydroxylation is 1. The maximum absolute atomic E-state index is 6.06.